The van der Waals surface area contributed by atoms with Crippen LogP contribution in [0.3, 0.4) is 0 Å². The number of hydrogen-bond acceptors (Lipinski definition) is 2. The fourth-order valence-corrected chi connectivity index (χ4v) is 5.69. The third-order valence-corrected chi connectivity index (χ3v) is 7.20. The van der Waals surface area contributed by atoms with Crippen LogP contribution in [0.5, 0.6) is 11.5 Å². The molecule has 2 aliphatic carbocycles. The molecule has 4 rings (SSSR count). The number of benzene rings is 2. The summed E-state index contributed by atoms with van der Waals surface area (Å²) in [7, 11) is 0. The Kier molecular flexibility index (Phi) is 6.18. The molecule has 0 aliphatic heterocycles. The van der Waals surface area contributed by atoms with E-state index in [9.17, 15) is 10.2 Å². The second-order valence-corrected chi connectivity index (χ2v) is 9.57. The SMILES string of the molecule is Cc1cc(Cc2cc(C)cc(C3CCCCC3)c2O)c(O)c(C2CCCCC2)c1.[HH].[HH]. The Morgan fingerprint density at radius 1 is 0.655 bits per heavy atom. The van der Waals surface area contributed by atoms with Crippen LogP contribution < -0.4 is 0 Å². The highest BCUT2D eigenvalue weighted by Crippen LogP contribution is 2.42. The maximum atomic E-state index is 11.1. The molecule has 0 spiro atoms. The van der Waals surface area contributed by atoms with Gasteiger partial charge in [-0.2, -0.15) is 0 Å². The minimum absolute atomic E-state index is 0. The monoisotopic (exact) mass is 396 g/mol. The van der Waals surface area contributed by atoms with Crippen molar-refractivity contribution in [2.24, 2.45) is 0 Å². The van der Waals surface area contributed by atoms with Gasteiger partial charge in [0.2, 0.25) is 0 Å². The van der Waals surface area contributed by atoms with E-state index in [4.69, 9.17) is 0 Å². The van der Waals surface area contributed by atoms with Crippen LogP contribution in [0, 0.1) is 13.8 Å². The molecule has 2 nitrogen and oxygen atoms in total. The fourth-order valence-electron chi connectivity index (χ4n) is 5.69. The molecule has 2 aliphatic rings. The van der Waals surface area contributed by atoms with Gasteiger partial charge in [0.1, 0.15) is 11.5 Å². The van der Waals surface area contributed by atoms with Crippen molar-refractivity contribution >= 4 is 0 Å². The second-order valence-electron chi connectivity index (χ2n) is 9.57. The van der Waals surface area contributed by atoms with Crippen LogP contribution in [-0.4, -0.2) is 10.2 Å². The van der Waals surface area contributed by atoms with Crippen LogP contribution in [0.2, 0.25) is 0 Å². The number of rotatable bonds is 4. The largest absolute Gasteiger partial charge is 0.507 e. The summed E-state index contributed by atoms with van der Waals surface area (Å²) in [5.74, 6) is 1.88. The summed E-state index contributed by atoms with van der Waals surface area (Å²) in [5.41, 5.74) is 6.58. The van der Waals surface area contributed by atoms with Gasteiger partial charge in [-0.15, -0.1) is 0 Å². The zero-order chi connectivity index (χ0) is 20.4. The summed E-state index contributed by atoms with van der Waals surface area (Å²) < 4.78 is 0. The van der Waals surface area contributed by atoms with Gasteiger partial charge in [0.05, 0.1) is 0 Å². The third-order valence-electron chi connectivity index (χ3n) is 7.20. The molecule has 2 N–H and O–H groups in total. The number of phenolic OH excluding ortho intramolecular Hbond substituents is 2. The molecule has 0 saturated heterocycles. The molecular formula is C27H40O2. The minimum Gasteiger partial charge on any atom is -0.507 e. The van der Waals surface area contributed by atoms with Crippen LogP contribution in [0.15, 0.2) is 24.3 Å². The van der Waals surface area contributed by atoms with Crippen molar-refractivity contribution in [2.45, 2.75) is 96.3 Å². The predicted octanol–water partition coefficient (Wildman–Crippen LogP) is 7.89. The van der Waals surface area contributed by atoms with E-state index in [1.165, 1.54) is 75.3 Å². The van der Waals surface area contributed by atoms with Gasteiger partial charge in [0.15, 0.2) is 0 Å². The number of aryl methyl sites for hydroxylation is 2. The molecule has 0 amide bonds. The van der Waals surface area contributed by atoms with Crippen LogP contribution >= 0.6 is 0 Å². The summed E-state index contributed by atoms with van der Waals surface area (Å²) in [4.78, 5) is 0. The zero-order valence-corrected chi connectivity index (χ0v) is 18.1. The first-order chi connectivity index (χ1) is 14.0. The third kappa shape index (κ3) is 4.47. The van der Waals surface area contributed by atoms with Crippen molar-refractivity contribution in [2.75, 3.05) is 0 Å². The van der Waals surface area contributed by atoms with E-state index in [1.807, 2.05) is 0 Å². The Balaban J connectivity index is 0.00000171. The molecule has 2 aromatic carbocycles. The molecule has 0 heterocycles. The van der Waals surface area contributed by atoms with Gasteiger partial charge in [-0.25, -0.2) is 0 Å². The van der Waals surface area contributed by atoms with Crippen molar-refractivity contribution in [3.63, 3.8) is 0 Å². The van der Waals surface area contributed by atoms with Gasteiger partial charge in [-0.1, -0.05) is 73.9 Å². The van der Waals surface area contributed by atoms with Crippen LogP contribution in [0.1, 0.15) is 112 Å². The average Bonchev–Trinajstić information content (AvgIpc) is 2.74. The van der Waals surface area contributed by atoms with E-state index in [0.717, 1.165) is 22.3 Å². The normalized spacial score (nSPS) is 18.8. The van der Waals surface area contributed by atoms with Crippen molar-refractivity contribution in [1.82, 2.24) is 0 Å². The highest BCUT2D eigenvalue weighted by atomic mass is 16.3. The van der Waals surface area contributed by atoms with E-state index in [0.29, 0.717) is 29.8 Å². The lowest BCUT2D eigenvalue weighted by atomic mass is 9.81. The summed E-state index contributed by atoms with van der Waals surface area (Å²) >= 11 is 0. The van der Waals surface area contributed by atoms with Crippen molar-refractivity contribution in [3.05, 3.63) is 57.6 Å². The molecular weight excluding hydrogens is 356 g/mol. The topological polar surface area (TPSA) is 40.5 Å². The van der Waals surface area contributed by atoms with E-state index in [2.05, 4.69) is 38.1 Å². The van der Waals surface area contributed by atoms with Gasteiger partial charge >= 0.3 is 0 Å². The first kappa shape index (κ1) is 20.3. The van der Waals surface area contributed by atoms with Gasteiger partial charge in [0, 0.05) is 9.27 Å². The lowest BCUT2D eigenvalue weighted by Gasteiger charge is -2.25. The molecule has 0 radical (unpaired) electrons. The molecule has 2 aromatic rings. The number of phenols is 2. The van der Waals surface area contributed by atoms with E-state index < -0.39 is 0 Å². The standard InChI is InChI=1S/C27H36O2.2H2/c1-18-13-22(26(28)24(15-18)20-9-5-3-6-10-20)17-23-14-19(2)16-25(27(23)29)21-11-7-4-8-12-21;;/h13-16,20-21,28-29H,3-12,17H2,1-2H3;2*1H. The highest BCUT2D eigenvalue weighted by Gasteiger charge is 2.23. The molecule has 29 heavy (non-hydrogen) atoms. The van der Waals surface area contributed by atoms with Crippen molar-refractivity contribution in [1.29, 1.82) is 0 Å². The Hall–Kier alpha value is -1.96. The first-order valence-electron chi connectivity index (χ1n) is 11.7. The maximum absolute atomic E-state index is 11.1. The first-order valence-corrected chi connectivity index (χ1v) is 11.7. The summed E-state index contributed by atoms with van der Waals surface area (Å²) in [6.45, 7) is 4.25. The maximum Gasteiger partial charge on any atom is 0.122 e. The Morgan fingerprint density at radius 3 is 1.41 bits per heavy atom. The lowest BCUT2D eigenvalue weighted by molar-refractivity contribution is 0.408. The highest BCUT2D eigenvalue weighted by molar-refractivity contribution is 5.52. The van der Waals surface area contributed by atoms with Crippen LogP contribution in [0.25, 0.3) is 0 Å². The predicted molar refractivity (Wildman–Crippen MR) is 124 cm³/mol. The Labute approximate surface area is 179 Å². The van der Waals surface area contributed by atoms with Gasteiger partial charge in [-0.05, 0) is 73.6 Å². The second kappa shape index (κ2) is 8.81. The molecule has 0 bridgehead atoms. The van der Waals surface area contributed by atoms with E-state index >= 15 is 0 Å². The lowest BCUT2D eigenvalue weighted by Crippen LogP contribution is -2.07. The van der Waals surface area contributed by atoms with Crippen molar-refractivity contribution < 1.29 is 13.1 Å². The summed E-state index contributed by atoms with van der Waals surface area (Å²) in [6.07, 6.45) is 13.0. The molecule has 0 aromatic heterocycles. The van der Waals surface area contributed by atoms with Gasteiger partial charge in [-0.3, -0.25) is 0 Å². The average molecular weight is 397 g/mol. The van der Waals surface area contributed by atoms with Gasteiger partial charge < -0.3 is 10.2 Å². The molecule has 0 atom stereocenters. The van der Waals surface area contributed by atoms with E-state index in [1.54, 1.807) is 0 Å². The summed E-state index contributed by atoms with van der Waals surface area (Å²) in [6, 6.07) is 8.56. The molecule has 2 heteroatoms. The van der Waals surface area contributed by atoms with Crippen LogP contribution in [-0.2, 0) is 6.42 Å². The Bertz CT molecular complexity index is 795. The van der Waals surface area contributed by atoms with Crippen LogP contribution in [0.4, 0.5) is 0 Å². The molecule has 2 fully saturated rings. The molecule has 160 valence electrons. The minimum atomic E-state index is 0. The van der Waals surface area contributed by atoms with E-state index in [-0.39, 0.29) is 2.85 Å². The Morgan fingerprint density at radius 2 is 1.03 bits per heavy atom. The fraction of sp³-hybridized carbons (Fsp3) is 0.556. The van der Waals surface area contributed by atoms with Crippen molar-refractivity contribution in [3.8, 4) is 11.5 Å². The zero-order valence-electron chi connectivity index (χ0n) is 18.1. The number of hydrogen-bond donors (Lipinski definition) is 2. The molecule has 0 unspecified atom stereocenters. The van der Waals surface area contributed by atoms with Gasteiger partial charge in [0.25, 0.3) is 0 Å². The summed E-state index contributed by atoms with van der Waals surface area (Å²) in [5, 5.41) is 22.2. The smallest absolute Gasteiger partial charge is 0.122 e. The number of aromatic hydroxyl groups is 2. The molecule has 2 saturated carbocycles. The quantitative estimate of drug-likeness (QED) is 0.551.